The van der Waals surface area contributed by atoms with E-state index in [0.717, 1.165) is 11.1 Å². The van der Waals surface area contributed by atoms with Gasteiger partial charge in [0.25, 0.3) is 0 Å². The van der Waals surface area contributed by atoms with Gasteiger partial charge in [-0.1, -0.05) is 109 Å². The van der Waals surface area contributed by atoms with Gasteiger partial charge in [-0.15, -0.1) is 0 Å². The number of rotatable bonds is 11. The zero-order valence-electron chi connectivity index (χ0n) is 24.6. The number of carbonyl (C=O) groups is 1. The van der Waals surface area contributed by atoms with Crippen molar-refractivity contribution >= 4 is 5.97 Å². The summed E-state index contributed by atoms with van der Waals surface area (Å²) in [5.41, 5.74) is 7.56. The Hall–Kier alpha value is -3.64. The van der Waals surface area contributed by atoms with Crippen LogP contribution in [0, 0.1) is 16.7 Å². The first-order valence-electron chi connectivity index (χ1n) is 13.4. The lowest BCUT2D eigenvalue weighted by atomic mass is 9.72. The van der Waals surface area contributed by atoms with Crippen LogP contribution < -0.4 is 0 Å². The molecule has 0 saturated heterocycles. The smallest absolute Gasteiger partial charge is 0.348 e. The van der Waals surface area contributed by atoms with Crippen LogP contribution in [0.3, 0.4) is 0 Å². The molecule has 0 unspecified atom stereocenters. The van der Waals surface area contributed by atoms with Gasteiger partial charge >= 0.3 is 5.97 Å². The van der Waals surface area contributed by atoms with Crippen molar-refractivity contribution in [2.75, 3.05) is 6.61 Å². The molecule has 0 atom stereocenters. The summed E-state index contributed by atoms with van der Waals surface area (Å²) in [4.78, 5) is 11.7. The molecule has 0 aromatic rings. The maximum absolute atomic E-state index is 11.7. The average Bonchev–Trinajstić information content (AvgIpc) is 2.84. The molecule has 3 nitrogen and oxygen atoms in total. The molecule has 0 saturated carbocycles. The first kappa shape index (κ1) is 32.4. The molecule has 1 rings (SSSR count). The number of carbonyl (C=O) groups excluding carboxylic acids is 1. The lowest BCUT2D eigenvalue weighted by Crippen LogP contribution is -2.19. The molecule has 0 spiro atoms. The van der Waals surface area contributed by atoms with Crippen molar-refractivity contribution in [3.8, 4) is 6.07 Å². The van der Waals surface area contributed by atoms with Gasteiger partial charge in [0, 0.05) is 0 Å². The first-order valence-corrected chi connectivity index (χ1v) is 13.4. The standard InChI is InChI=1S/C35H45NO2/c1-9-38-34(37)32(26-36)25-30(5)20-13-18-28(3)16-11-10-15-27(2)17-12-19-29(4)22-23-33-31(6)21-14-24-35(33,7)8/h10-13,15-20,22-23,25H,9,14,21,24H2,1-8H3/b11-10+,17-12+,18-13+,23-22+,27-15+,28-16+,29-19+,30-20+,32-25+. The summed E-state index contributed by atoms with van der Waals surface area (Å²) in [6.07, 6.45) is 30.0. The normalized spacial score (nSPS) is 18.3. The molecule has 0 fully saturated rings. The highest BCUT2D eigenvalue weighted by atomic mass is 16.5. The molecule has 0 heterocycles. The molecule has 38 heavy (non-hydrogen) atoms. The van der Waals surface area contributed by atoms with Gasteiger partial charge < -0.3 is 4.74 Å². The van der Waals surface area contributed by atoms with E-state index in [1.165, 1.54) is 47.6 Å². The molecule has 0 amide bonds. The Labute approximate surface area is 231 Å². The molecular formula is C35H45NO2. The van der Waals surface area contributed by atoms with E-state index in [1.54, 1.807) is 6.92 Å². The maximum Gasteiger partial charge on any atom is 0.348 e. The third kappa shape index (κ3) is 12.5. The van der Waals surface area contributed by atoms with E-state index in [-0.39, 0.29) is 17.6 Å². The Kier molecular flexibility index (Phi) is 14.5. The summed E-state index contributed by atoms with van der Waals surface area (Å²) in [5.74, 6) is -0.596. The van der Waals surface area contributed by atoms with E-state index in [0.29, 0.717) is 0 Å². The van der Waals surface area contributed by atoms with E-state index in [2.05, 4.69) is 71.1 Å². The summed E-state index contributed by atoms with van der Waals surface area (Å²) < 4.78 is 4.87. The summed E-state index contributed by atoms with van der Waals surface area (Å²) in [6.45, 7) is 17.0. The van der Waals surface area contributed by atoms with Crippen LogP contribution in [0.2, 0.25) is 0 Å². The number of esters is 1. The molecule has 1 aliphatic carbocycles. The summed E-state index contributed by atoms with van der Waals surface area (Å²) in [6, 6.07) is 1.88. The second-order valence-electron chi connectivity index (χ2n) is 10.4. The van der Waals surface area contributed by atoms with Gasteiger partial charge in [0.05, 0.1) is 6.61 Å². The predicted molar refractivity (Wildman–Crippen MR) is 162 cm³/mol. The van der Waals surface area contributed by atoms with Gasteiger partial charge in [0.2, 0.25) is 0 Å². The molecule has 0 aromatic heterocycles. The van der Waals surface area contributed by atoms with Crippen LogP contribution in [0.25, 0.3) is 0 Å². The number of hydrogen-bond acceptors (Lipinski definition) is 3. The summed E-state index contributed by atoms with van der Waals surface area (Å²) >= 11 is 0. The number of nitriles is 1. The van der Waals surface area contributed by atoms with Gasteiger partial charge in [-0.25, -0.2) is 4.79 Å². The van der Waals surface area contributed by atoms with Gasteiger partial charge in [-0.05, 0) is 83.4 Å². The second-order valence-corrected chi connectivity index (χ2v) is 10.4. The van der Waals surface area contributed by atoms with Crippen LogP contribution in [0.1, 0.15) is 74.7 Å². The van der Waals surface area contributed by atoms with Crippen LogP contribution in [0.15, 0.2) is 118 Å². The number of hydrogen-bond donors (Lipinski definition) is 0. The minimum Gasteiger partial charge on any atom is -0.462 e. The third-order valence-corrected chi connectivity index (χ3v) is 6.31. The van der Waals surface area contributed by atoms with Crippen molar-refractivity contribution in [1.82, 2.24) is 0 Å². The topological polar surface area (TPSA) is 50.1 Å². The Balaban J connectivity index is 2.68. The Bertz CT molecular complexity index is 1180. The fourth-order valence-electron chi connectivity index (χ4n) is 4.13. The molecule has 0 bridgehead atoms. The molecular weight excluding hydrogens is 466 g/mol. The highest BCUT2D eigenvalue weighted by molar-refractivity contribution is 5.93. The Morgan fingerprint density at radius 2 is 1.42 bits per heavy atom. The van der Waals surface area contributed by atoms with Crippen LogP contribution in [-0.4, -0.2) is 12.6 Å². The Morgan fingerprint density at radius 3 is 1.95 bits per heavy atom. The number of nitrogens with zero attached hydrogens (tertiary/aromatic N) is 1. The highest BCUT2D eigenvalue weighted by Crippen LogP contribution is 2.40. The third-order valence-electron chi connectivity index (χ3n) is 6.31. The van der Waals surface area contributed by atoms with Crippen LogP contribution in [0.4, 0.5) is 0 Å². The van der Waals surface area contributed by atoms with Crippen molar-refractivity contribution in [3.05, 3.63) is 118 Å². The van der Waals surface area contributed by atoms with Crippen LogP contribution >= 0.6 is 0 Å². The van der Waals surface area contributed by atoms with Crippen molar-refractivity contribution in [2.24, 2.45) is 5.41 Å². The van der Waals surface area contributed by atoms with E-state index in [4.69, 9.17) is 10.00 Å². The largest absolute Gasteiger partial charge is 0.462 e. The van der Waals surface area contributed by atoms with E-state index in [1.807, 2.05) is 56.4 Å². The second kappa shape index (κ2) is 17.0. The Morgan fingerprint density at radius 1 is 0.895 bits per heavy atom. The molecule has 0 aromatic carbocycles. The predicted octanol–water partition coefficient (Wildman–Crippen LogP) is 9.54. The zero-order valence-corrected chi connectivity index (χ0v) is 24.6. The molecule has 0 N–H and O–H groups in total. The minimum atomic E-state index is -0.596. The monoisotopic (exact) mass is 511 g/mol. The first-order chi connectivity index (χ1) is 18.0. The molecule has 3 heteroatoms. The minimum absolute atomic E-state index is 0.00116. The summed E-state index contributed by atoms with van der Waals surface area (Å²) in [5, 5.41) is 9.11. The molecule has 202 valence electrons. The van der Waals surface area contributed by atoms with Crippen LogP contribution in [0.5, 0.6) is 0 Å². The van der Waals surface area contributed by atoms with Gasteiger partial charge in [0.1, 0.15) is 11.6 Å². The van der Waals surface area contributed by atoms with Crippen molar-refractivity contribution in [1.29, 1.82) is 5.26 Å². The van der Waals surface area contributed by atoms with Gasteiger partial charge in [0.15, 0.2) is 0 Å². The van der Waals surface area contributed by atoms with E-state index < -0.39 is 5.97 Å². The zero-order chi connectivity index (χ0) is 28.6. The number of allylic oxidation sites excluding steroid dienone is 19. The van der Waals surface area contributed by atoms with E-state index in [9.17, 15) is 4.79 Å². The van der Waals surface area contributed by atoms with Gasteiger partial charge in [-0.3, -0.25) is 0 Å². The quantitative estimate of drug-likeness (QED) is 0.120. The SMILES string of the molecule is CCOC(=O)/C(C#N)=C/C(C)=C/C=C/C(C)=C/C=C/C=C(C)/C=C/C=C(C)/C=C/C1=C(C)CCCC1(C)C. The summed E-state index contributed by atoms with van der Waals surface area (Å²) in [7, 11) is 0. The maximum atomic E-state index is 11.7. The van der Waals surface area contributed by atoms with Crippen molar-refractivity contribution in [2.45, 2.75) is 74.7 Å². The van der Waals surface area contributed by atoms with E-state index >= 15 is 0 Å². The molecule has 1 aliphatic rings. The number of ether oxygens (including phenoxy) is 1. The highest BCUT2D eigenvalue weighted by Gasteiger charge is 2.26. The van der Waals surface area contributed by atoms with Crippen molar-refractivity contribution in [3.63, 3.8) is 0 Å². The average molecular weight is 512 g/mol. The lowest BCUT2D eigenvalue weighted by Gasteiger charge is -2.32. The van der Waals surface area contributed by atoms with Gasteiger partial charge in [-0.2, -0.15) is 5.26 Å². The fourth-order valence-corrected chi connectivity index (χ4v) is 4.13. The molecule has 0 aliphatic heterocycles. The fraction of sp³-hybridized carbons (Fsp3) is 0.371. The lowest BCUT2D eigenvalue weighted by molar-refractivity contribution is -0.138. The molecule has 0 radical (unpaired) electrons. The van der Waals surface area contributed by atoms with Crippen molar-refractivity contribution < 1.29 is 9.53 Å². The van der Waals surface area contributed by atoms with Crippen LogP contribution in [-0.2, 0) is 9.53 Å².